The third-order valence-electron chi connectivity index (χ3n) is 2.80. The van der Waals surface area contributed by atoms with Crippen molar-refractivity contribution < 1.29 is 0 Å². The Morgan fingerprint density at radius 1 is 1.32 bits per heavy atom. The van der Waals surface area contributed by atoms with Crippen LogP contribution in [-0.4, -0.2) is 11.5 Å². The Balaban J connectivity index is 2.29. The summed E-state index contributed by atoms with van der Waals surface area (Å²) in [5, 5.41) is 4.48. The normalized spacial score (nSPS) is 12.4. The Morgan fingerprint density at radius 3 is 2.84 bits per heavy atom. The molecule has 1 aromatic heterocycles. The van der Waals surface area contributed by atoms with E-state index in [1.54, 1.807) is 11.8 Å². The highest BCUT2D eigenvalue weighted by atomic mass is 79.9. The number of rotatable bonds is 5. The number of hydrogen-bond donors (Lipinski definition) is 1. The lowest BCUT2D eigenvalue weighted by atomic mass is 10.1. The summed E-state index contributed by atoms with van der Waals surface area (Å²) in [5.41, 5.74) is 1.31. The molecule has 2 rings (SSSR count). The zero-order valence-electron chi connectivity index (χ0n) is 11.1. The van der Waals surface area contributed by atoms with E-state index >= 15 is 0 Å². The number of nitrogens with zero attached hydrogens (tertiary/aromatic N) is 1. The van der Waals surface area contributed by atoms with Gasteiger partial charge in [-0.15, -0.1) is 0 Å². The van der Waals surface area contributed by atoms with E-state index in [0.717, 1.165) is 16.0 Å². The molecule has 0 spiro atoms. The van der Waals surface area contributed by atoms with Crippen molar-refractivity contribution in [2.75, 3.05) is 6.54 Å². The monoisotopic (exact) mass is 336 g/mol. The summed E-state index contributed by atoms with van der Waals surface area (Å²) in [6, 6.07) is 12.7. The maximum absolute atomic E-state index is 4.38. The average molecular weight is 337 g/mol. The van der Waals surface area contributed by atoms with Gasteiger partial charge >= 0.3 is 0 Å². The zero-order valence-corrected chi connectivity index (χ0v) is 13.5. The summed E-state index contributed by atoms with van der Waals surface area (Å²) in [5.74, 6) is 0. The topological polar surface area (TPSA) is 24.9 Å². The molecule has 0 amide bonds. The minimum atomic E-state index is 0.337. The van der Waals surface area contributed by atoms with Crippen molar-refractivity contribution in [3.63, 3.8) is 0 Å². The van der Waals surface area contributed by atoms with Crippen molar-refractivity contribution in [2.45, 2.75) is 29.8 Å². The second kappa shape index (κ2) is 7.08. The van der Waals surface area contributed by atoms with Crippen molar-refractivity contribution in [1.29, 1.82) is 0 Å². The molecule has 1 atom stereocenters. The van der Waals surface area contributed by atoms with Crippen LogP contribution in [0.1, 0.15) is 25.5 Å². The molecule has 0 saturated heterocycles. The maximum Gasteiger partial charge on any atom is 0.101 e. The molecule has 4 heteroatoms. The highest BCUT2D eigenvalue weighted by Gasteiger charge is 2.11. The van der Waals surface area contributed by atoms with E-state index in [0.29, 0.717) is 6.04 Å². The highest BCUT2D eigenvalue weighted by molar-refractivity contribution is 9.10. The standard InChI is InChI=1S/C15H17BrN2S/c1-3-17-11(2)13-8-7-12(16)10-14(13)19-15-6-4-5-9-18-15/h4-11,17H,3H2,1-2H3. The SMILES string of the molecule is CCNC(C)c1ccc(Br)cc1Sc1ccccn1. The van der Waals surface area contributed by atoms with E-state index in [2.05, 4.69) is 58.3 Å². The molecule has 1 heterocycles. The van der Waals surface area contributed by atoms with Crippen LogP contribution in [0, 0.1) is 0 Å². The van der Waals surface area contributed by atoms with Gasteiger partial charge in [0.15, 0.2) is 0 Å². The van der Waals surface area contributed by atoms with E-state index in [4.69, 9.17) is 0 Å². The Morgan fingerprint density at radius 2 is 2.16 bits per heavy atom. The molecular weight excluding hydrogens is 320 g/mol. The van der Waals surface area contributed by atoms with E-state index in [1.807, 2.05) is 24.4 Å². The van der Waals surface area contributed by atoms with Crippen molar-refractivity contribution in [2.24, 2.45) is 0 Å². The highest BCUT2D eigenvalue weighted by Crippen LogP contribution is 2.34. The van der Waals surface area contributed by atoms with Gasteiger partial charge in [-0.25, -0.2) is 4.98 Å². The van der Waals surface area contributed by atoms with Gasteiger partial charge in [-0.1, -0.05) is 46.7 Å². The zero-order chi connectivity index (χ0) is 13.7. The molecule has 0 aliphatic heterocycles. The molecule has 1 aromatic carbocycles. The fraction of sp³-hybridized carbons (Fsp3) is 0.267. The first-order valence-corrected chi connectivity index (χ1v) is 7.93. The first kappa shape index (κ1) is 14.6. The molecular formula is C15H17BrN2S. The summed E-state index contributed by atoms with van der Waals surface area (Å²) in [6.07, 6.45) is 1.83. The second-order valence-electron chi connectivity index (χ2n) is 4.23. The molecule has 0 aliphatic carbocycles. The lowest BCUT2D eigenvalue weighted by Gasteiger charge is -2.17. The van der Waals surface area contributed by atoms with Crippen molar-refractivity contribution in [1.82, 2.24) is 10.3 Å². The van der Waals surface area contributed by atoms with Crippen LogP contribution >= 0.6 is 27.7 Å². The van der Waals surface area contributed by atoms with Crippen molar-refractivity contribution in [3.8, 4) is 0 Å². The van der Waals surface area contributed by atoms with Gasteiger partial charge in [-0.05, 0) is 43.3 Å². The Hall–Kier alpha value is -0.840. The fourth-order valence-corrected chi connectivity index (χ4v) is 3.44. The fourth-order valence-electron chi connectivity index (χ4n) is 1.89. The molecule has 2 aromatic rings. The third kappa shape index (κ3) is 4.06. The van der Waals surface area contributed by atoms with E-state index in [-0.39, 0.29) is 0 Å². The van der Waals surface area contributed by atoms with Crippen LogP contribution < -0.4 is 5.32 Å². The van der Waals surface area contributed by atoms with Crippen molar-refractivity contribution in [3.05, 3.63) is 52.6 Å². The minimum Gasteiger partial charge on any atom is -0.310 e. The van der Waals surface area contributed by atoms with Crippen molar-refractivity contribution >= 4 is 27.7 Å². The summed E-state index contributed by atoms with van der Waals surface area (Å²) >= 11 is 5.25. The number of benzene rings is 1. The summed E-state index contributed by atoms with van der Waals surface area (Å²) in [4.78, 5) is 5.61. The van der Waals surface area contributed by atoms with Gasteiger partial charge < -0.3 is 5.32 Å². The van der Waals surface area contributed by atoms with E-state index in [9.17, 15) is 0 Å². The summed E-state index contributed by atoms with van der Waals surface area (Å²) in [7, 11) is 0. The molecule has 0 fully saturated rings. The van der Waals surface area contributed by atoms with Gasteiger partial charge in [-0.2, -0.15) is 0 Å². The molecule has 1 N–H and O–H groups in total. The molecule has 1 unspecified atom stereocenters. The lowest BCUT2D eigenvalue weighted by Crippen LogP contribution is -2.18. The first-order chi connectivity index (χ1) is 9.20. The van der Waals surface area contributed by atoms with Crippen LogP contribution in [0.15, 0.2) is 57.0 Å². The van der Waals surface area contributed by atoms with Gasteiger partial charge in [0.2, 0.25) is 0 Å². The van der Waals surface area contributed by atoms with Crippen LogP contribution in [-0.2, 0) is 0 Å². The summed E-state index contributed by atoms with van der Waals surface area (Å²) < 4.78 is 1.10. The molecule has 0 radical (unpaired) electrons. The Bertz CT molecular complexity index is 531. The Kier molecular flexibility index (Phi) is 5.43. The minimum absolute atomic E-state index is 0.337. The molecule has 0 aliphatic rings. The van der Waals surface area contributed by atoms with Gasteiger partial charge in [-0.3, -0.25) is 0 Å². The first-order valence-electron chi connectivity index (χ1n) is 6.32. The van der Waals surface area contributed by atoms with Crippen LogP contribution in [0.3, 0.4) is 0 Å². The molecule has 0 bridgehead atoms. The maximum atomic E-state index is 4.38. The van der Waals surface area contributed by atoms with Crippen LogP contribution in [0.25, 0.3) is 0 Å². The third-order valence-corrected chi connectivity index (χ3v) is 4.32. The summed E-state index contributed by atoms with van der Waals surface area (Å²) in [6.45, 7) is 5.28. The lowest BCUT2D eigenvalue weighted by molar-refractivity contribution is 0.589. The van der Waals surface area contributed by atoms with Crippen LogP contribution in [0.5, 0.6) is 0 Å². The predicted octanol–water partition coefficient (Wildman–Crippen LogP) is 4.67. The van der Waals surface area contributed by atoms with Gasteiger partial charge in [0.05, 0.1) is 0 Å². The van der Waals surface area contributed by atoms with E-state index in [1.165, 1.54) is 10.5 Å². The van der Waals surface area contributed by atoms with Crippen LogP contribution in [0.4, 0.5) is 0 Å². The molecule has 0 saturated carbocycles. The van der Waals surface area contributed by atoms with Gasteiger partial charge in [0.25, 0.3) is 0 Å². The second-order valence-corrected chi connectivity index (χ2v) is 6.21. The van der Waals surface area contributed by atoms with Gasteiger partial charge in [0.1, 0.15) is 5.03 Å². The number of halogens is 1. The smallest absolute Gasteiger partial charge is 0.101 e. The number of hydrogen-bond acceptors (Lipinski definition) is 3. The quantitative estimate of drug-likeness (QED) is 0.858. The molecule has 19 heavy (non-hydrogen) atoms. The molecule has 100 valence electrons. The van der Waals surface area contributed by atoms with Crippen LogP contribution in [0.2, 0.25) is 0 Å². The number of nitrogens with one attached hydrogen (secondary N) is 1. The largest absolute Gasteiger partial charge is 0.310 e. The Labute approximate surface area is 127 Å². The predicted molar refractivity (Wildman–Crippen MR) is 84.6 cm³/mol. The molecule has 2 nitrogen and oxygen atoms in total. The van der Waals surface area contributed by atoms with E-state index < -0.39 is 0 Å². The van der Waals surface area contributed by atoms with Gasteiger partial charge in [0, 0.05) is 21.6 Å². The average Bonchev–Trinajstić information content (AvgIpc) is 2.40. The number of aromatic nitrogens is 1. The number of pyridine rings is 1.